The summed E-state index contributed by atoms with van der Waals surface area (Å²) in [7, 11) is 0. The molecule has 1 aromatic carbocycles. The van der Waals surface area contributed by atoms with Gasteiger partial charge in [0, 0.05) is 11.1 Å². The molecule has 20 heavy (non-hydrogen) atoms. The highest BCUT2D eigenvalue weighted by Gasteiger charge is 2.24. The van der Waals surface area contributed by atoms with Crippen molar-refractivity contribution in [2.75, 3.05) is 11.9 Å². The molecule has 110 valence electrons. The molecule has 1 aromatic rings. The molecule has 1 aliphatic heterocycles. The van der Waals surface area contributed by atoms with Gasteiger partial charge in [0.05, 0.1) is 12.1 Å². The Labute approximate surface area is 124 Å². The molecule has 0 radical (unpaired) electrons. The van der Waals surface area contributed by atoms with Crippen LogP contribution in [0.5, 0.6) is 0 Å². The van der Waals surface area contributed by atoms with E-state index in [9.17, 15) is 13.6 Å². The van der Waals surface area contributed by atoms with E-state index in [1.54, 1.807) is 6.92 Å². The lowest BCUT2D eigenvalue weighted by Gasteiger charge is -2.20. The van der Waals surface area contributed by atoms with Gasteiger partial charge < -0.3 is 15.4 Å². The Balaban J connectivity index is 1.97. The van der Waals surface area contributed by atoms with Crippen molar-refractivity contribution >= 4 is 27.6 Å². The first kappa shape index (κ1) is 15.2. The first-order valence-corrected chi connectivity index (χ1v) is 7.10. The Kier molecular flexibility index (Phi) is 4.93. The van der Waals surface area contributed by atoms with Gasteiger partial charge >= 0.3 is 6.03 Å². The van der Waals surface area contributed by atoms with E-state index in [-0.39, 0.29) is 16.6 Å². The molecular formula is C13H15BrF2N2O2. The highest BCUT2D eigenvalue weighted by molar-refractivity contribution is 9.10. The topological polar surface area (TPSA) is 50.4 Å². The van der Waals surface area contributed by atoms with E-state index in [2.05, 4.69) is 26.6 Å². The smallest absolute Gasteiger partial charge is 0.319 e. The van der Waals surface area contributed by atoms with Crippen molar-refractivity contribution in [3.8, 4) is 0 Å². The Morgan fingerprint density at radius 3 is 2.65 bits per heavy atom. The molecule has 2 atom stereocenters. The zero-order chi connectivity index (χ0) is 14.7. The molecule has 7 heteroatoms. The lowest BCUT2D eigenvalue weighted by Crippen LogP contribution is -2.43. The molecule has 1 fully saturated rings. The average Bonchev–Trinajstić information content (AvgIpc) is 2.87. The lowest BCUT2D eigenvalue weighted by atomic mass is 10.1. The molecule has 1 saturated heterocycles. The van der Waals surface area contributed by atoms with E-state index in [1.807, 2.05) is 0 Å². The summed E-state index contributed by atoms with van der Waals surface area (Å²) < 4.78 is 32.8. The standard InChI is InChI=1S/C13H15BrF2N2O2/c1-7(11-3-2-4-20-11)17-13(19)18-12-9(15)5-8(14)6-10(12)16/h5-7,11H,2-4H2,1H3,(H2,17,18,19). The van der Waals surface area contributed by atoms with E-state index in [0.717, 1.165) is 25.0 Å². The molecule has 0 saturated carbocycles. The number of urea groups is 1. The van der Waals surface area contributed by atoms with Gasteiger partial charge in [-0.1, -0.05) is 15.9 Å². The summed E-state index contributed by atoms with van der Waals surface area (Å²) in [6, 6.07) is 1.29. The number of hydrogen-bond donors (Lipinski definition) is 2. The van der Waals surface area contributed by atoms with Crippen LogP contribution in [0.3, 0.4) is 0 Å². The second-order valence-corrected chi connectivity index (χ2v) is 5.60. The molecule has 0 aliphatic carbocycles. The minimum Gasteiger partial charge on any atom is -0.376 e. The van der Waals surface area contributed by atoms with Gasteiger partial charge in [-0.25, -0.2) is 13.6 Å². The zero-order valence-electron chi connectivity index (χ0n) is 10.9. The number of benzene rings is 1. The van der Waals surface area contributed by atoms with Crippen LogP contribution in [0.15, 0.2) is 16.6 Å². The molecular weight excluding hydrogens is 334 g/mol. The summed E-state index contributed by atoms with van der Waals surface area (Å²) in [5, 5.41) is 4.80. The van der Waals surface area contributed by atoms with E-state index in [1.165, 1.54) is 0 Å². The molecule has 1 aliphatic rings. The van der Waals surface area contributed by atoms with Gasteiger partial charge in [-0.2, -0.15) is 0 Å². The highest BCUT2D eigenvalue weighted by atomic mass is 79.9. The third kappa shape index (κ3) is 3.67. The highest BCUT2D eigenvalue weighted by Crippen LogP contribution is 2.23. The number of anilines is 1. The number of nitrogens with one attached hydrogen (secondary N) is 2. The maximum absolute atomic E-state index is 13.6. The van der Waals surface area contributed by atoms with Crippen LogP contribution < -0.4 is 10.6 Å². The van der Waals surface area contributed by atoms with Crippen molar-refractivity contribution in [3.63, 3.8) is 0 Å². The number of carbonyl (C=O) groups excluding carboxylic acids is 1. The van der Waals surface area contributed by atoms with E-state index in [0.29, 0.717) is 6.61 Å². The predicted octanol–water partition coefficient (Wildman–Crippen LogP) is 3.42. The van der Waals surface area contributed by atoms with Crippen LogP contribution in [0, 0.1) is 11.6 Å². The fourth-order valence-electron chi connectivity index (χ4n) is 2.11. The number of halogens is 3. The summed E-state index contributed by atoms with van der Waals surface area (Å²) in [5.41, 5.74) is -0.467. The zero-order valence-corrected chi connectivity index (χ0v) is 12.5. The largest absolute Gasteiger partial charge is 0.376 e. The van der Waals surface area contributed by atoms with Crippen LogP contribution in [-0.2, 0) is 4.74 Å². The molecule has 4 nitrogen and oxygen atoms in total. The van der Waals surface area contributed by atoms with Gasteiger partial charge in [-0.15, -0.1) is 0 Å². The predicted molar refractivity (Wildman–Crippen MR) is 74.6 cm³/mol. The SMILES string of the molecule is CC(NC(=O)Nc1c(F)cc(Br)cc1F)C1CCCO1. The minimum atomic E-state index is -0.836. The second-order valence-electron chi connectivity index (χ2n) is 4.68. The van der Waals surface area contributed by atoms with E-state index >= 15 is 0 Å². The van der Waals surface area contributed by atoms with Crippen LogP contribution in [0.2, 0.25) is 0 Å². The molecule has 2 amide bonds. The van der Waals surface area contributed by atoms with Crippen LogP contribution in [-0.4, -0.2) is 24.8 Å². The van der Waals surface area contributed by atoms with Crippen LogP contribution >= 0.6 is 15.9 Å². The van der Waals surface area contributed by atoms with Gasteiger partial charge in [0.25, 0.3) is 0 Å². The van der Waals surface area contributed by atoms with Crippen molar-refractivity contribution in [1.29, 1.82) is 0 Å². The fraction of sp³-hybridized carbons (Fsp3) is 0.462. The summed E-state index contributed by atoms with van der Waals surface area (Å²) >= 11 is 2.97. The van der Waals surface area contributed by atoms with Crippen molar-refractivity contribution in [2.24, 2.45) is 0 Å². The maximum Gasteiger partial charge on any atom is 0.319 e. The third-order valence-electron chi connectivity index (χ3n) is 3.13. The van der Waals surface area contributed by atoms with Gasteiger partial charge in [0.2, 0.25) is 0 Å². The number of amides is 2. The van der Waals surface area contributed by atoms with Gasteiger partial charge in [-0.3, -0.25) is 0 Å². The molecule has 0 spiro atoms. The van der Waals surface area contributed by atoms with Crippen LogP contribution in [0.4, 0.5) is 19.3 Å². The summed E-state index contributed by atoms with van der Waals surface area (Å²) in [6.07, 6.45) is 1.76. The monoisotopic (exact) mass is 348 g/mol. The first-order chi connectivity index (χ1) is 9.47. The maximum atomic E-state index is 13.6. The Morgan fingerprint density at radius 2 is 2.10 bits per heavy atom. The lowest BCUT2D eigenvalue weighted by molar-refractivity contribution is 0.0868. The average molecular weight is 349 g/mol. The number of ether oxygens (including phenoxy) is 1. The van der Waals surface area contributed by atoms with Crippen molar-refractivity contribution in [1.82, 2.24) is 5.32 Å². The quantitative estimate of drug-likeness (QED) is 0.879. The summed E-state index contributed by atoms with van der Waals surface area (Å²) in [4.78, 5) is 11.7. The second kappa shape index (κ2) is 6.49. The number of hydrogen-bond acceptors (Lipinski definition) is 2. The summed E-state index contributed by atoms with van der Waals surface area (Å²) in [5.74, 6) is -1.67. The first-order valence-electron chi connectivity index (χ1n) is 6.31. The minimum absolute atomic E-state index is 0.0552. The molecule has 2 N–H and O–H groups in total. The van der Waals surface area contributed by atoms with E-state index in [4.69, 9.17) is 4.74 Å². The number of carbonyl (C=O) groups is 1. The Bertz CT molecular complexity index is 484. The third-order valence-corrected chi connectivity index (χ3v) is 3.58. The van der Waals surface area contributed by atoms with E-state index < -0.39 is 23.4 Å². The normalized spacial score (nSPS) is 19.7. The summed E-state index contributed by atoms with van der Waals surface area (Å²) in [6.45, 7) is 2.47. The molecule has 2 unspecified atom stereocenters. The van der Waals surface area contributed by atoms with Crippen molar-refractivity contribution < 1.29 is 18.3 Å². The molecule has 0 bridgehead atoms. The van der Waals surface area contributed by atoms with Gasteiger partial charge in [0.1, 0.15) is 5.69 Å². The Hall–Kier alpha value is -1.21. The van der Waals surface area contributed by atoms with Crippen LogP contribution in [0.1, 0.15) is 19.8 Å². The van der Waals surface area contributed by atoms with Crippen LogP contribution in [0.25, 0.3) is 0 Å². The number of rotatable bonds is 3. The molecule has 0 aromatic heterocycles. The molecule has 2 rings (SSSR count). The fourth-order valence-corrected chi connectivity index (χ4v) is 2.51. The van der Waals surface area contributed by atoms with Gasteiger partial charge in [-0.05, 0) is 31.9 Å². The molecule has 1 heterocycles. The van der Waals surface area contributed by atoms with Crippen molar-refractivity contribution in [3.05, 3.63) is 28.2 Å². The van der Waals surface area contributed by atoms with Gasteiger partial charge in [0.15, 0.2) is 11.6 Å². The Morgan fingerprint density at radius 1 is 1.45 bits per heavy atom. The van der Waals surface area contributed by atoms with Crippen molar-refractivity contribution in [2.45, 2.75) is 31.9 Å².